The number of anilines is 3. The average Bonchev–Trinajstić information content (AvgIpc) is 3.15. The number of thiazole rings is 1. The van der Waals surface area contributed by atoms with Gasteiger partial charge in [0.15, 0.2) is 16.6 Å². The van der Waals surface area contributed by atoms with Crippen molar-refractivity contribution >= 4 is 33.8 Å². The summed E-state index contributed by atoms with van der Waals surface area (Å²) < 4.78 is 51.4. The van der Waals surface area contributed by atoms with Crippen LogP contribution in [0.1, 0.15) is 5.69 Å². The molecule has 162 valence electrons. The van der Waals surface area contributed by atoms with Crippen molar-refractivity contribution in [3.8, 4) is 17.2 Å². The zero-order valence-electron chi connectivity index (χ0n) is 15.9. The number of nitrogens with one attached hydrogen (secondary N) is 2. The summed E-state index contributed by atoms with van der Waals surface area (Å²) in [6, 6.07) is 10.4. The van der Waals surface area contributed by atoms with Crippen LogP contribution in [0.2, 0.25) is 0 Å². The maximum atomic E-state index is 12.3. The van der Waals surface area contributed by atoms with E-state index >= 15 is 0 Å². The van der Waals surface area contributed by atoms with Crippen molar-refractivity contribution in [3.05, 3.63) is 53.5 Å². The van der Waals surface area contributed by atoms with Crippen molar-refractivity contribution in [2.75, 3.05) is 23.8 Å². The van der Waals surface area contributed by atoms with Gasteiger partial charge in [-0.05, 0) is 36.4 Å². The van der Waals surface area contributed by atoms with E-state index in [0.717, 1.165) is 0 Å². The number of fused-ring (bicyclic) bond motifs is 1. The second-order valence-electron chi connectivity index (χ2n) is 6.42. The second-order valence-corrected chi connectivity index (χ2v) is 7.28. The van der Waals surface area contributed by atoms with Gasteiger partial charge in [0.05, 0.1) is 12.1 Å². The molecule has 4 rings (SSSR count). The normalized spacial score (nSPS) is 12.9. The summed E-state index contributed by atoms with van der Waals surface area (Å²) in [6.07, 6.45) is -4.68. The molecule has 2 heterocycles. The molecule has 1 aliphatic rings. The standard InChI is InChI=1S/C20H16F3N3O4S/c21-20(22,23)30-15-4-1-12(2-5-15)25-19-26-14(11-31-19)10-18(27)24-13-3-6-16-17(9-13)29-8-7-28-16/h1-6,9,11H,7-8,10H2,(H,24,27)(H,25,26). The lowest BCUT2D eigenvalue weighted by Gasteiger charge is -2.18. The molecule has 1 amide bonds. The first-order valence-electron chi connectivity index (χ1n) is 9.11. The van der Waals surface area contributed by atoms with Crippen molar-refractivity contribution in [1.82, 2.24) is 4.98 Å². The molecule has 0 fully saturated rings. The number of rotatable bonds is 6. The maximum absolute atomic E-state index is 12.3. The predicted molar refractivity (Wildman–Crippen MR) is 108 cm³/mol. The smallest absolute Gasteiger partial charge is 0.486 e. The van der Waals surface area contributed by atoms with E-state index in [2.05, 4.69) is 20.4 Å². The summed E-state index contributed by atoms with van der Waals surface area (Å²) in [5.41, 5.74) is 1.68. The number of aromatic nitrogens is 1. The fourth-order valence-electron chi connectivity index (χ4n) is 2.80. The van der Waals surface area contributed by atoms with Crippen molar-refractivity contribution < 1.29 is 32.2 Å². The number of alkyl halides is 3. The Morgan fingerprint density at radius 2 is 1.77 bits per heavy atom. The van der Waals surface area contributed by atoms with Gasteiger partial charge in [-0.2, -0.15) is 0 Å². The molecule has 7 nitrogen and oxygen atoms in total. The molecule has 31 heavy (non-hydrogen) atoms. The molecular weight excluding hydrogens is 435 g/mol. The van der Waals surface area contributed by atoms with Crippen molar-refractivity contribution in [2.24, 2.45) is 0 Å². The number of benzene rings is 2. The lowest BCUT2D eigenvalue weighted by atomic mass is 10.2. The van der Waals surface area contributed by atoms with Gasteiger partial charge in [-0.3, -0.25) is 4.79 Å². The quantitative estimate of drug-likeness (QED) is 0.564. The van der Waals surface area contributed by atoms with Crippen LogP contribution in [0.25, 0.3) is 0 Å². The van der Waals surface area contributed by atoms with E-state index in [1.165, 1.54) is 35.6 Å². The molecule has 0 saturated carbocycles. The lowest BCUT2D eigenvalue weighted by molar-refractivity contribution is -0.274. The Hall–Kier alpha value is -3.47. The second kappa shape index (κ2) is 8.72. The molecule has 0 atom stereocenters. The summed E-state index contributed by atoms with van der Waals surface area (Å²) in [5, 5.41) is 8.00. The van der Waals surface area contributed by atoms with Gasteiger partial charge in [0.1, 0.15) is 19.0 Å². The number of hydrogen-bond donors (Lipinski definition) is 2. The van der Waals surface area contributed by atoms with Gasteiger partial charge in [-0.15, -0.1) is 24.5 Å². The van der Waals surface area contributed by atoms with Gasteiger partial charge in [-0.1, -0.05) is 0 Å². The Balaban J connectivity index is 1.32. The van der Waals surface area contributed by atoms with E-state index in [1.807, 2.05) is 0 Å². The Morgan fingerprint density at radius 3 is 2.52 bits per heavy atom. The minimum atomic E-state index is -4.74. The SMILES string of the molecule is O=C(Cc1csc(Nc2ccc(OC(F)(F)F)cc2)n1)Nc1ccc2c(c1)OCCO2. The van der Waals surface area contributed by atoms with Crippen LogP contribution < -0.4 is 24.8 Å². The van der Waals surface area contributed by atoms with Crippen LogP contribution in [0.15, 0.2) is 47.8 Å². The minimum Gasteiger partial charge on any atom is -0.486 e. The molecule has 1 aromatic heterocycles. The van der Waals surface area contributed by atoms with E-state index in [4.69, 9.17) is 9.47 Å². The summed E-state index contributed by atoms with van der Waals surface area (Å²) in [4.78, 5) is 16.7. The Labute approximate surface area is 178 Å². The summed E-state index contributed by atoms with van der Waals surface area (Å²) in [7, 11) is 0. The number of amides is 1. The number of carbonyl (C=O) groups excluding carboxylic acids is 1. The van der Waals surface area contributed by atoms with Crippen LogP contribution >= 0.6 is 11.3 Å². The molecule has 0 bridgehead atoms. The lowest BCUT2D eigenvalue weighted by Crippen LogP contribution is -2.17. The molecule has 3 aromatic rings. The summed E-state index contributed by atoms with van der Waals surface area (Å²) in [5.74, 6) is 0.657. The van der Waals surface area contributed by atoms with Crippen LogP contribution in [0.3, 0.4) is 0 Å². The predicted octanol–water partition coefficient (Wildman–Crippen LogP) is 4.74. The van der Waals surface area contributed by atoms with Crippen molar-refractivity contribution in [3.63, 3.8) is 0 Å². The molecule has 0 spiro atoms. The number of hydrogen-bond acceptors (Lipinski definition) is 7. The third-order valence-electron chi connectivity index (χ3n) is 4.06. The Kier molecular flexibility index (Phi) is 5.85. The molecule has 11 heteroatoms. The van der Waals surface area contributed by atoms with Crippen LogP contribution in [-0.2, 0) is 11.2 Å². The molecule has 0 radical (unpaired) electrons. The Bertz CT molecular complexity index is 1070. The van der Waals surface area contributed by atoms with E-state index in [-0.39, 0.29) is 18.1 Å². The zero-order valence-corrected chi connectivity index (χ0v) is 16.7. The molecule has 1 aliphatic heterocycles. The van der Waals surface area contributed by atoms with E-state index < -0.39 is 6.36 Å². The minimum absolute atomic E-state index is 0.0605. The number of carbonyl (C=O) groups is 1. The third kappa shape index (κ3) is 5.79. The highest BCUT2D eigenvalue weighted by Crippen LogP contribution is 2.32. The van der Waals surface area contributed by atoms with Gasteiger partial charge >= 0.3 is 6.36 Å². The highest BCUT2D eigenvalue weighted by atomic mass is 32.1. The number of halogens is 3. The van der Waals surface area contributed by atoms with Crippen molar-refractivity contribution in [2.45, 2.75) is 12.8 Å². The topological polar surface area (TPSA) is 81.7 Å². The van der Waals surface area contributed by atoms with Gasteiger partial charge in [0, 0.05) is 22.8 Å². The third-order valence-corrected chi connectivity index (χ3v) is 4.87. The van der Waals surface area contributed by atoms with Crippen LogP contribution in [0.4, 0.5) is 29.7 Å². The van der Waals surface area contributed by atoms with Gasteiger partial charge in [0.25, 0.3) is 0 Å². The average molecular weight is 451 g/mol. The van der Waals surface area contributed by atoms with Crippen molar-refractivity contribution in [1.29, 1.82) is 0 Å². The summed E-state index contributed by atoms with van der Waals surface area (Å²) >= 11 is 1.28. The number of nitrogens with zero attached hydrogens (tertiary/aromatic N) is 1. The van der Waals surface area contributed by atoms with Gasteiger partial charge in [0.2, 0.25) is 5.91 Å². The largest absolute Gasteiger partial charge is 0.573 e. The van der Waals surface area contributed by atoms with Crippen LogP contribution in [0, 0.1) is 0 Å². The molecule has 2 aromatic carbocycles. The van der Waals surface area contributed by atoms with E-state index in [1.54, 1.807) is 23.6 Å². The fourth-order valence-corrected chi connectivity index (χ4v) is 3.53. The monoisotopic (exact) mass is 451 g/mol. The highest BCUT2D eigenvalue weighted by molar-refractivity contribution is 7.13. The molecule has 0 aliphatic carbocycles. The van der Waals surface area contributed by atoms with E-state index in [9.17, 15) is 18.0 Å². The van der Waals surface area contributed by atoms with Gasteiger partial charge < -0.3 is 24.8 Å². The molecule has 2 N–H and O–H groups in total. The molecule has 0 saturated heterocycles. The van der Waals surface area contributed by atoms with E-state index in [0.29, 0.717) is 46.9 Å². The molecular formula is C20H16F3N3O4S. The maximum Gasteiger partial charge on any atom is 0.573 e. The van der Waals surface area contributed by atoms with Gasteiger partial charge in [-0.25, -0.2) is 4.98 Å². The fraction of sp³-hybridized carbons (Fsp3) is 0.200. The molecule has 0 unspecified atom stereocenters. The van der Waals surface area contributed by atoms with Crippen LogP contribution in [0.5, 0.6) is 17.2 Å². The zero-order chi connectivity index (χ0) is 21.8. The first kappa shape index (κ1) is 20.8. The first-order chi connectivity index (χ1) is 14.8. The number of ether oxygens (including phenoxy) is 3. The van der Waals surface area contributed by atoms with Crippen LogP contribution in [-0.4, -0.2) is 30.5 Å². The highest BCUT2D eigenvalue weighted by Gasteiger charge is 2.30. The Morgan fingerprint density at radius 1 is 1.06 bits per heavy atom. The first-order valence-corrected chi connectivity index (χ1v) is 9.99. The summed E-state index contributed by atoms with van der Waals surface area (Å²) in [6.45, 7) is 0.946.